The third-order valence-electron chi connectivity index (χ3n) is 7.35. The number of ketones is 1. The molecule has 0 aromatic carbocycles. The van der Waals surface area contributed by atoms with E-state index >= 15 is 0 Å². The zero-order valence-corrected chi connectivity index (χ0v) is 20.9. The first-order valence-electron chi connectivity index (χ1n) is 12.5. The fourth-order valence-corrected chi connectivity index (χ4v) is 6.06. The molecule has 1 N–H and O–H groups in total. The van der Waals surface area contributed by atoms with Crippen LogP contribution in [0.25, 0.3) is 0 Å². The minimum atomic E-state index is -0.122. The van der Waals surface area contributed by atoms with Gasteiger partial charge in [-0.05, 0) is 107 Å². The highest BCUT2D eigenvalue weighted by atomic mass is 32.1. The fraction of sp³-hybridized carbons (Fsp3) is 0.750. The van der Waals surface area contributed by atoms with Crippen molar-refractivity contribution in [1.82, 2.24) is 0 Å². The average Bonchev–Trinajstić information content (AvgIpc) is 3.17. The van der Waals surface area contributed by atoms with E-state index in [1.165, 1.54) is 18.4 Å². The van der Waals surface area contributed by atoms with E-state index in [1.54, 1.807) is 11.3 Å². The first kappa shape index (κ1) is 24.5. The van der Waals surface area contributed by atoms with Gasteiger partial charge in [-0.25, -0.2) is 0 Å². The topological polar surface area (TPSA) is 37.3 Å². The molecule has 2 nitrogen and oxygen atoms in total. The van der Waals surface area contributed by atoms with Crippen LogP contribution in [0.4, 0.5) is 0 Å². The lowest BCUT2D eigenvalue weighted by atomic mass is 9.73. The minimum Gasteiger partial charge on any atom is -0.393 e. The van der Waals surface area contributed by atoms with Crippen LogP contribution in [0, 0.1) is 40.9 Å². The van der Waals surface area contributed by atoms with Crippen molar-refractivity contribution in [2.24, 2.45) is 29.1 Å². The second-order valence-corrected chi connectivity index (χ2v) is 12.2. The van der Waals surface area contributed by atoms with Crippen LogP contribution in [0.3, 0.4) is 0 Å². The summed E-state index contributed by atoms with van der Waals surface area (Å²) in [6.45, 7) is 8.75. The van der Waals surface area contributed by atoms with Gasteiger partial charge >= 0.3 is 0 Å². The molecule has 2 aliphatic carbocycles. The van der Waals surface area contributed by atoms with Gasteiger partial charge in [-0.1, -0.05) is 31.6 Å². The number of aliphatic hydroxyl groups is 1. The summed E-state index contributed by atoms with van der Waals surface area (Å²) in [5.41, 5.74) is 1.39. The summed E-state index contributed by atoms with van der Waals surface area (Å²) in [5, 5.41) is 12.2. The van der Waals surface area contributed by atoms with Gasteiger partial charge in [0, 0.05) is 17.8 Å². The molecule has 1 aromatic heterocycles. The molecule has 1 unspecified atom stereocenters. The highest BCUT2D eigenvalue weighted by molar-refractivity contribution is 7.10. The molecule has 3 heteroatoms. The Hall–Kier alpha value is -1.11. The second kappa shape index (κ2) is 11.2. The highest BCUT2D eigenvalue weighted by Gasteiger charge is 2.29. The van der Waals surface area contributed by atoms with Crippen LogP contribution in [0.5, 0.6) is 0 Å². The van der Waals surface area contributed by atoms with Crippen molar-refractivity contribution in [1.29, 1.82) is 0 Å². The Bertz CT molecular complexity index is 759. The van der Waals surface area contributed by atoms with Crippen molar-refractivity contribution in [3.63, 3.8) is 0 Å². The molecule has 0 saturated heterocycles. The van der Waals surface area contributed by atoms with E-state index in [4.69, 9.17) is 0 Å². The van der Waals surface area contributed by atoms with E-state index in [0.29, 0.717) is 23.5 Å². The second-order valence-electron chi connectivity index (χ2n) is 11.3. The molecule has 0 spiro atoms. The first-order chi connectivity index (χ1) is 14.7. The van der Waals surface area contributed by atoms with Crippen LogP contribution in [0.1, 0.15) is 102 Å². The predicted octanol–water partition coefficient (Wildman–Crippen LogP) is 7.03. The smallest absolute Gasteiger partial charge is 0.135 e. The molecule has 172 valence electrons. The Morgan fingerprint density at radius 3 is 2.45 bits per heavy atom. The van der Waals surface area contributed by atoms with Crippen LogP contribution in [0.2, 0.25) is 0 Å². The first-order valence-corrected chi connectivity index (χ1v) is 13.4. The number of hydrogen-bond acceptors (Lipinski definition) is 3. The summed E-state index contributed by atoms with van der Waals surface area (Å²) in [6, 6.07) is 2.26. The number of hydrogen-bond donors (Lipinski definition) is 1. The third-order valence-corrected chi connectivity index (χ3v) is 8.25. The molecule has 1 aromatic rings. The lowest BCUT2D eigenvalue weighted by Crippen LogP contribution is -2.27. The van der Waals surface area contributed by atoms with Gasteiger partial charge in [0.15, 0.2) is 0 Å². The quantitative estimate of drug-likeness (QED) is 0.460. The number of thiophene rings is 1. The molecule has 1 atom stereocenters. The summed E-state index contributed by atoms with van der Waals surface area (Å²) in [5.74, 6) is 9.46. The minimum absolute atomic E-state index is 0.0207. The zero-order chi connectivity index (χ0) is 22.4. The number of rotatable bonds is 7. The van der Waals surface area contributed by atoms with Crippen LogP contribution in [-0.4, -0.2) is 17.0 Å². The summed E-state index contributed by atoms with van der Waals surface area (Å²) < 4.78 is 0. The van der Waals surface area contributed by atoms with Crippen molar-refractivity contribution in [2.45, 2.75) is 104 Å². The molecule has 2 saturated carbocycles. The highest BCUT2D eigenvalue weighted by Crippen LogP contribution is 2.37. The number of aliphatic hydroxyl groups excluding tert-OH is 1. The molecule has 0 amide bonds. The van der Waals surface area contributed by atoms with Crippen LogP contribution >= 0.6 is 11.3 Å². The monoisotopic (exact) mass is 442 g/mol. The molecule has 0 aliphatic heterocycles. The maximum Gasteiger partial charge on any atom is 0.135 e. The Balaban J connectivity index is 1.62. The Morgan fingerprint density at radius 2 is 1.81 bits per heavy atom. The standard InChI is InChI=1S/C28H42O2S/c1-20-5-7-23(8-6-20)27(30)14-11-24(22-9-12-25(29)13-10-22)17-21-18-26(31-19-21)15-16-28(2,3)4/h18-20,22-25,29H,5-14,17H2,1-4H3. The van der Waals surface area contributed by atoms with Crippen molar-refractivity contribution >= 4 is 17.1 Å². The number of carbonyl (C=O) groups is 1. The molecular weight excluding hydrogens is 400 g/mol. The Kier molecular flexibility index (Phi) is 8.82. The predicted molar refractivity (Wildman–Crippen MR) is 131 cm³/mol. The van der Waals surface area contributed by atoms with Gasteiger partial charge in [0.1, 0.15) is 5.78 Å². The molecular formula is C28H42O2S. The Labute approximate surface area is 194 Å². The summed E-state index contributed by atoms with van der Waals surface area (Å²) >= 11 is 1.75. The van der Waals surface area contributed by atoms with Gasteiger partial charge in [-0.2, -0.15) is 0 Å². The largest absolute Gasteiger partial charge is 0.393 e. The lowest BCUT2D eigenvalue weighted by Gasteiger charge is -2.33. The summed E-state index contributed by atoms with van der Waals surface area (Å²) in [6.07, 6.45) is 11.3. The van der Waals surface area contributed by atoms with Gasteiger partial charge in [0.2, 0.25) is 0 Å². The maximum atomic E-state index is 12.9. The maximum absolute atomic E-state index is 12.9. The van der Waals surface area contributed by atoms with Gasteiger partial charge < -0.3 is 5.11 Å². The average molecular weight is 443 g/mol. The van der Waals surface area contributed by atoms with E-state index in [9.17, 15) is 9.90 Å². The van der Waals surface area contributed by atoms with Gasteiger partial charge in [-0.15, -0.1) is 11.3 Å². The molecule has 2 fully saturated rings. The van der Waals surface area contributed by atoms with Crippen LogP contribution in [0.15, 0.2) is 11.4 Å². The molecule has 31 heavy (non-hydrogen) atoms. The van der Waals surface area contributed by atoms with E-state index in [1.807, 2.05) is 0 Å². The third kappa shape index (κ3) is 8.07. The Morgan fingerprint density at radius 1 is 1.13 bits per heavy atom. The van der Waals surface area contributed by atoms with Crippen molar-refractivity contribution in [2.75, 3.05) is 0 Å². The summed E-state index contributed by atoms with van der Waals surface area (Å²) in [7, 11) is 0. The molecule has 0 radical (unpaired) electrons. The summed E-state index contributed by atoms with van der Waals surface area (Å²) in [4.78, 5) is 14.1. The SMILES string of the molecule is CC1CCC(C(=O)CCC(Cc2csc(C#CC(C)(C)C)c2)C2CCC(O)CC2)CC1. The molecule has 1 heterocycles. The van der Waals surface area contributed by atoms with Crippen molar-refractivity contribution in [3.05, 3.63) is 21.9 Å². The van der Waals surface area contributed by atoms with E-state index in [0.717, 1.165) is 68.6 Å². The van der Waals surface area contributed by atoms with Crippen molar-refractivity contribution < 1.29 is 9.90 Å². The van der Waals surface area contributed by atoms with Gasteiger partial charge in [0.05, 0.1) is 11.0 Å². The van der Waals surface area contributed by atoms with E-state index in [-0.39, 0.29) is 11.5 Å². The number of carbonyl (C=O) groups excluding carboxylic acids is 1. The van der Waals surface area contributed by atoms with E-state index < -0.39 is 0 Å². The molecule has 2 aliphatic rings. The molecule has 0 bridgehead atoms. The van der Waals surface area contributed by atoms with Crippen molar-refractivity contribution in [3.8, 4) is 11.8 Å². The van der Waals surface area contributed by atoms with Gasteiger partial charge in [0.25, 0.3) is 0 Å². The lowest BCUT2D eigenvalue weighted by molar-refractivity contribution is -0.124. The van der Waals surface area contributed by atoms with E-state index in [2.05, 4.69) is 51.0 Å². The van der Waals surface area contributed by atoms with Crippen LogP contribution in [-0.2, 0) is 11.2 Å². The number of Topliss-reactive ketones (excluding diaryl/α,β-unsaturated/α-hetero) is 1. The van der Waals surface area contributed by atoms with Gasteiger partial charge in [-0.3, -0.25) is 4.79 Å². The normalized spacial score (nSPS) is 27.9. The molecule has 3 rings (SSSR count). The fourth-order valence-electron chi connectivity index (χ4n) is 5.29. The zero-order valence-electron chi connectivity index (χ0n) is 20.1. The van der Waals surface area contributed by atoms with Crippen LogP contribution < -0.4 is 0 Å².